The van der Waals surface area contributed by atoms with Crippen molar-refractivity contribution in [1.29, 1.82) is 0 Å². The molecule has 0 atom stereocenters. The van der Waals surface area contributed by atoms with Gasteiger partial charge < -0.3 is 4.43 Å². The summed E-state index contributed by atoms with van der Waals surface area (Å²) in [5, 5.41) is 10.6. The highest BCUT2D eigenvalue weighted by Crippen LogP contribution is 2.37. The largest absolute Gasteiger partial charge is 0.412 e. The molecule has 0 amide bonds. The predicted molar refractivity (Wildman–Crippen MR) is 75.0 cm³/mol. The maximum atomic E-state index is 13.7. The smallest absolute Gasteiger partial charge is 0.272 e. The zero-order valence-electron chi connectivity index (χ0n) is 12.0. The van der Waals surface area contributed by atoms with Gasteiger partial charge in [0.15, 0.2) is 8.32 Å². The summed E-state index contributed by atoms with van der Waals surface area (Å²) in [5.74, 6) is -0.590. The second kappa shape index (κ2) is 5.38. The Morgan fingerprint density at radius 1 is 1.37 bits per heavy atom. The Hall–Kier alpha value is -1.27. The number of non-ortho nitro benzene ring substituents is 1. The van der Waals surface area contributed by atoms with Gasteiger partial charge in [0.25, 0.3) is 5.69 Å². The molecule has 0 heterocycles. The van der Waals surface area contributed by atoms with E-state index in [0.717, 1.165) is 6.07 Å². The minimum Gasteiger partial charge on any atom is -0.412 e. The Bertz CT molecular complexity index is 483. The van der Waals surface area contributed by atoms with Crippen LogP contribution in [-0.2, 0) is 11.0 Å². The van der Waals surface area contributed by atoms with Crippen LogP contribution in [0.15, 0.2) is 18.2 Å². The third-order valence-electron chi connectivity index (χ3n) is 3.64. The van der Waals surface area contributed by atoms with Gasteiger partial charge in [0.1, 0.15) is 5.82 Å². The van der Waals surface area contributed by atoms with Crippen LogP contribution in [0.4, 0.5) is 10.1 Å². The molecule has 19 heavy (non-hydrogen) atoms. The fourth-order valence-corrected chi connectivity index (χ4v) is 2.19. The molecule has 0 aliphatic carbocycles. The zero-order valence-corrected chi connectivity index (χ0v) is 13.0. The number of hydrogen-bond acceptors (Lipinski definition) is 3. The molecular weight excluding hydrogens is 265 g/mol. The molecule has 1 aromatic carbocycles. The number of hydrogen-bond donors (Lipinski definition) is 0. The predicted octanol–water partition coefficient (Wildman–Crippen LogP) is 4.26. The van der Waals surface area contributed by atoms with Crippen LogP contribution in [-0.4, -0.2) is 13.2 Å². The number of nitrogens with zero attached hydrogens (tertiary/aromatic N) is 1. The van der Waals surface area contributed by atoms with Crippen molar-refractivity contribution in [2.75, 3.05) is 0 Å². The van der Waals surface area contributed by atoms with Gasteiger partial charge in [-0.15, -0.1) is 0 Å². The van der Waals surface area contributed by atoms with Crippen molar-refractivity contribution in [3.05, 3.63) is 39.7 Å². The van der Waals surface area contributed by atoms with Crippen LogP contribution in [0.5, 0.6) is 0 Å². The molecule has 1 rings (SSSR count). The van der Waals surface area contributed by atoms with Crippen LogP contribution in [0.1, 0.15) is 26.3 Å². The molecule has 0 saturated carbocycles. The Balaban J connectivity index is 2.82. The normalized spacial score (nSPS) is 12.5. The van der Waals surface area contributed by atoms with Crippen molar-refractivity contribution >= 4 is 14.0 Å². The molecule has 0 aliphatic rings. The zero-order chi connectivity index (χ0) is 14.8. The van der Waals surface area contributed by atoms with Crippen molar-refractivity contribution in [3.63, 3.8) is 0 Å². The van der Waals surface area contributed by atoms with Gasteiger partial charge in [-0.05, 0) is 24.2 Å². The third kappa shape index (κ3) is 3.84. The number of nitro groups is 1. The van der Waals surface area contributed by atoms with Crippen molar-refractivity contribution in [3.8, 4) is 0 Å². The molecule has 106 valence electrons. The maximum Gasteiger partial charge on any atom is 0.272 e. The topological polar surface area (TPSA) is 52.4 Å². The summed E-state index contributed by atoms with van der Waals surface area (Å²) in [6, 6.07) is 3.65. The monoisotopic (exact) mass is 285 g/mol. The van der Waals surface area contributed by atoms with Gasteiger partial charge in [-0.1, -0.05) is 20.8 Å². The highest BCUT2D eigenvalue weighted by Gasteiger charge is 2.37. The van der Waals surface area contributed by atoms with E-state index in [1.807, 2.05) is 0 Å². The lowest BCUT2D eigenvalue weighted by Crippen LogP contribution is -2.40. The van der Waals surface area contributed by atoms with Crippen molar-refractivity contribution < 1.29 is 13.7 Å². The summed E-state index contributed by atoms with van der Waals surface area (Å²) in [6.07, 6.45) is 0. The van der Waals surface area contributed by atoms with E-state index in [4.69, 9.17) is 4.43 Å². The SMILES string of the molecule is CC(C)(C)[Si](C)(C)OCc1ccc([N+](=O)[O-])cc1F. The van der Waals surface area contributed by atoms with Crippen molar-refractivity contribution in [2.24, 2.45) is 0 Å². The van der Waals surface area contributed by atoms with E-state index in [9.17, 15) is 14.5 Å². The summed E-state index contributed by atoms with van der Waals surface area (Å²) in [7, 11) is -1.95. The Morgan fingerprint density at radius 3 is 2.37 bits per heavy atom. The van der Waals surface area contributed by atoms with Crippen LogP contribution >= 0.6 is 0 Å². The van der Waals surface area contributed by atoms with Crippen LogP contribution in [0.2, 0.25) is 18.1 Å². The van der Waals surface area contributed by atoms with E-state index in [2.05, 4.69) is 33.9 Å². The average molecular weight is 285 g/mol. The lowest BCUT2D eigenvalue weighted by Gasteiger charge is -2.36. The third-order valence-corrected chi connectivity index (χ3v) is 8.12. The van der Waals surface area contributed by atoms with E-state index in [0.29, 0.717) is 5.56 Å². The molecule has 6 heteroatoms. The van der Waals surface area contributed by atoms with Crippen LogP contribution < -0.4 is 0 Å². The standard InChI is InChI=1S/C13H20FNO3Si/c1-13(2,3)19(4,5)18-9-10-6-7-11(15(16)17)8-12(10)14/h6-8H,9H2,1-5H3. The minimum atomic E-state index is -1.95. The second-order valence-corrected chi connectivity index (χ2v) is 10.9. The first kappa shape index (κ1) is 15.8. The second-order valence-electron chi connectivity index (χ2n) is 6.08. The molecule has 0 fully saturated rings. The first-order chi connectivity index (χ1) is 8.54. The van der Waals surface area contributed by atoms with E-state index in [1.54, 1.807) is 0 Å². The first-order valence-corrected chi connectivity index (χ1v) is 9.02. The lowest BCUT2D eigenvalue weighted by molar-refractivity contribution is -0.385. The van der Waals surface area contributed by atoms with Crippen molar-refractivity contribution in [1.82, 2.24) is 0 Å². The van der Waals surface area contributed by atoms with Crippen LogP contribution in [0, 0.1) is 15.9 Å². The first-order valence-electron chi connectivity index (χ1n) is 6.11. The molecule has 1 aromatic rings. The van der Waals surface area contributed by atoms with Gasteiger partial charge in [-0.25, -0.2) is 4.39 Å². The highest BCUT2D eigenvalue weighted by molar-refractivity contribution is 6.74. The number of benzene rings is 1. The summed E-state index contributed by atoms with van der Waals surface area (Å²) in [4.78, 5) is 9.92. The Labute approximate surface area is 113 Å². The molecule has 0 N–H and O–H groups in total. The molecule has 0 unspecified atom stereocenters. The van der Waals surface area contributed by atoms with E-state index in [1.165, 1.54) is 12.1 Å². The van der Waals surface area contributed by atoms with E-state index < -0.39 is 19.1 Å². The van der Waals surface area contributed by atoms with Gasteiger partial charge in [0, 0.05) is 11.6 Å². The molecule has 0 spiro atoms. The van der Waals surface area contributed by atoms with Crippen LogP contribution in [0.25, 0.3) is 0 Å². The summed E-state index contributed by atoms with van der Waals surface area (Å²) in [5.41, 5.74) is 0.115. The molecule has 4 nitrogen and oxygen atoms in total. The van der Waals surface area contributed by atoms with Gasteiger partial charge in [0.05, 0.1) is 17.6 Å². The highest BCUT2D eigenvalue weighted by atomic mass is 28.4. The maximum absolute atomic E-state index is 13.7. The van der Waals surface area contributed by atoms with Crippen LogP contribution in [0.3, 0.4) is 0 Å². The lowest BCUT2D eigenvalue weighted by atomic mass is 10.2. The number of nitro benzene ring substituents is 1. The summed E-state index contributed by atoms with van der Waals surface area (Å²) in [6.45, 7) is 10.6. The van der Waals surface area contributed by atoms with Gasteiger partial charge in [-0.3, -0.25) is 10.1 Å². The molecule has 0 aliphatic heterocycles. The summed E-state index contributed by atoms with van der Waals surface area (Å²) >= 11 is 0. The molecular formula is C13H20FNO3Si. The number of rotatable bonds is 4. The van der Waals surface area contributed by atoms with Crippen molar-refractivity contribution in [2.45, 2.75) is 45.5 Å². The molecule has 0 aromatic heterocycles. The summed E-state index contributed by atoms with van der Waals surface area (Å²) < 4.78 is 19.6. The Kier molecular flexibility index (Phi) is 4.47. The quantitative estimate of drug-likeness (QED) is 0.472. The van der Waals surface area contributed by atoms with Gasteiger partial charge in [-0.2, -0.15) is 0 Å². The van der Waals surface area contributed by atoms with Gasteiger partial charge >= 0.3 is 0 Å². The van der Waals surface area contributed by atoms with E-state index in [-0.39, 0.29) is 17.3 Å². The van der Waals surface area contributed by atoms with E-state index >= 15 is 0 Å². The fraction of sp³-hybridized carbons (Fsp3) is 0.538. The Morgan fingerprint density at radius 2 is 1.95 bits per heavy atom. The molecule has 0 bridgehead atoms. The molecule has 0 radical (unpaired) electrons. The fourth-order valence-electron chi connectivity index (χ4n) is 1.24. The number of halogens is 1. The minimum absolute atomic E-state index is 0.0459. The van der Waals surface area contributed by atoms with Gasteiger partial charge in [0.2, 0.25) is 0 Å². The average Bonchev–Trinajstić information content (AvgIpc) is 2.25. The molecule has 0 saturated heterocycles.